The number of nitrogens with one attached hydrogen (secondary N) is 1. The van der Waals surface area contributed by atoms with Crippen molar-refractivity contribution < 1.29 is 9.59 Å². The molecule has 0 spiro atoms. The van der Waals surface area contributed by atoms with Gasteiger partial charge in [-0.15, -0.1) is 0 Å². The fourth-order valence-electron chi connectivity index (χ4n) is 2.85. The van der Waals surface area contributed by atoms with Crippen molar-refractivity contribution in [2.45, 2.75) is 45.7 Å². The second kappa shape index (κ2) is 7.39. The second-order valence-electron chi connectivity index (χ2n) is 6.35. The topological polar surface area (TPSA) is 74.1 Å². The average molecular weight is 358 g/mol. The molecule has 0 unspecified atom stereocenters. The Balaban J connectivity index is 1.88. The van der Waals surface area contributed by atoms with E-state index in [9.17, 15) is 9.59 Å². The molecule has 1 atom stereocenters. The van der Waals surface area contributed by atoms with Crippen LogP contribution in [0.4, 0.5) is 5.69 Å². The summed E-state index contributed by atoms with van der Waals surface area (Å²) >= 11 is 1.27. The van der Waals surface area contributed by atoms with Crippen molar-refractivity contribution in [3.63, 3.8) is 0 Å². The summed E-state index contributed by atoms with van der Waals surface area (Å²) in [5.74, 6) is 0.744. The summed E-state index contributed by atoms with van der Waals surface area (Å²) in [6.07, 6.45) is 1.60. The first-order valence-electron chi connectivity index (χ1n) is 8.53. The van der Waals surface area contributed by atoms with Crippen LogP contribution in [0.3, 0.4) is 0 Å². The minimum atomic E-state index is -0.360. The van der Waals surface area contributed by atoms with Crippen molar-refractivity contribution in [1.82, 2.24) is 10.2 Å². The number of nitrogens with zero attached hydrogens (tertiary/aromatic N) is 3. The quantitative estimate of drug-likeness (QED) is 0.879. The summed E-state index contributed by atoms with van der Waals surface area (Å²) in [6.45, 7) is 5.88. The number of amides is 2. The van der Waals surface area contributed by atoms with E-state index in [1.807, 2.05) is 45.0 Å². The van der Waals surface area contributed by atoms with E-state index in [4.69, 9.17) is 0 Å². The number of rotatable bonds is 5. The van der Waals surface area contributed by atoms with E-state index in [0.29, 0.717) is 17.4 Å². The largest absolute Gasteiger partial charge is 0.353 e. The fraction of sp³-hybridized carbons (Fsp3) is 0.444. The van der Waals surface area contributed by atoms with E-state index in [-0.39, 0.29) is 29.7 Å². The molecule has 0 saturated heterocycles. The Morgan fingerprint density at radius 3 is 2.84 bits per heavy atom. The van der Waals surface area contributed by atoms with Gasteiger partial charge in [-0.3, -0.25) is 14.6 Å². The summed E-state index contributed by atoms with van der Waals surface area (Å²) in [5.41, 5.74) is 1.65. The van der Waals surface area contributed by atoms with Crippen molar-refractivity contribution in [2.75, 3.05) is 5.75 Å². The van der Waals surface area contributed by atoms with E-state index in [0.717, 1.165) is 17.7 Å². The highest BCUT2D eigenvalue weighted by Crippen LogP contribution is 2.34. The zero-order valence-corrected chi connectivity index (χ0v) is 15.5. The van der Waals surface area contributed by atoms with Gasteiger partial charge in [-0.25, -0.2) is 9.89 Å². The van der Waals surface area contributed by atoms with E-state index >= 15 is 0 Å². The maximum atomic E-state index is 12.8. The zero-order valence-electron chi connectivity index (χ0n) is 14.7. The molecule has 3 rings (SSSR count). The third kappa shape index (κ3) is 3.61. The van der Waals surface area contributed by atoms with Gasteiger partial charge in [0.25, 0.3) is 5.91 Å². The summed E-state index contributed by atoms with van der Waals surface area (Å²) in [6, 6.07) is 7.39. The lowest BCUT2D eigenvalue weighted by Gasteiger charge is -2.25. The van der Waals surface area contributed by atoms with Crippen molar-refractivity contribution >= 4 is 40.3 Å². The summed E-state index contributed by atoms with van der Waals surface area (Å²) < 4.78 is 0. The molecule has 6 nitrogen and oxygen atoms in total. The Labute approximate surface area is 151 Å². The minimum absolute atomic E-state index is 0.0538. The first-order chi connectivity index (χ1) is 12.0. The first-order valence-corrected chi connectivity index (χ1v) is 9.51. The maximum absolute atomic E-state index is 12.8. The van der Waals surface area contributed by atoms with Gasteiger partial charge in [-0.05, 0) is 32.4 Å². The van der Waals surface area contributed by atoms with Crippen LogP contribution in [0, 0.1) is 0 Å². The lowest BCUT2D eigenvalue weighted by Crippen LogP contribution is -2.42. The number of carbonyl (C=O) groups is 2. The van der Waals surface area contributed by atoms with E-state index in [2.05, 4.69) is 15.3 Å². The molecule has 2 aliphatic rings. The number of benzene rings is 1. The van der Waals surface area contributed by atoms with Crippen molar-refractivity contribution in [2.24, 2.45) is 9.98 Å². The van der Waals surface area contributed by atoms with Gasteiger partial charge in [0.2, 0.25) is 5.91 Å². The number of hydrogen-bond acceptors (Lipinski definition) is 5. The van der Waals surface area contributed by atoms with Crippen LogP contribution in [-0.2, 0) is 9.59 Å². The molecule has 0 bridgehead atoms. The molecule has 1 N–H and O–H groups in total. The average Bonchev–Trinajstić information content (AvgIpc) is 2.90. The Hall–Kier alpha value is -2.15. The van der Waals surface area contributed by atoms with Gasteiger partial charge < -0.3 is 5.32 Å². The molecule has 0 aromatic heterocycles. The van der Waals surface area contributed by atoms with Crippen molar-refractivity contribution in [3.05, 3.63) is 29.8 Å². The van der Waals surface area contributed by atoms with Crippen LogP contribution in [0.15, 0.2) is 34.3 Å². The number of para-hydroxylation sites is 1. The van der Waals surface area contributed by atoms with Gasteiger partial charge >= 0.3 is 0 Å². The second-order valence-corrected chi connectivity index (χ2v) is 7.30. The van der Waals surface area contributed by atoms with Crippen LogP contribution in [0.2, 0.25) is 0 Å². The third-order valence-corrected chi connectivity index (χ3v) is 4.83. The zero-order chi connectivity index (χ0) is 18.0. The smallest absolute Gasteiger partial charge is 0.259 e. The standard InChI is InChI=1S/C18H22N4O2S/c1-4-7-14-17(24)22-16(20-14)12-8-5-6-9-13(12)21-18(22)25-10-15(23)19-11(2)3/h5-6,8-9,11,14H,4,7,10H2,1-3H3,(H,19,23)/t14-/m1/s1. The van der Waals surface area contributed by atoms with Crippen LogP contribution in [0.25, 0.3) is 0 Å². The molecule has 2 aliphatic heterocycles. The van der Waals surface area contributed by atoms with Crippen LogP contribution in [0.5, 0.6) is 0 Å². The monoisotopic (exact) mass is 358 g/mol. The Kier molecular flexibility index (Phi) is 5.22. The van der Waals surface area contributed by atoms with Crippen molar-refractivity contribution in [1.29, 1.82) is 0 Å². The number of carbonyl (C=O) groups excluding carboxylic acids is 2. The number of thioether (sulfide) groups is 1. The highest BCUT2D eigenvalue weighted by atomic mass is 32.2. The maximum Gasteiger partial charge on any atom is 0.259 e. The summed E-state index contributed by atoms with van der Waals surface area (Å²) in [5, 5.41) is 3.38. The number of amidine groups is 2. The van der Waals surface area contributed by atoms with Crippen LogP contribution in [-0.4, -0.2) is 45.6 Å². The van der Waals surface area contributed by atoms with Gasteiger partial charge in [-0.2, -0.15) is 0 Å². The molecule has 0 saturated carbocycles. The summed E-state index contributed by atoms with van der Waals surface area (Å²) in [4.78, 5) is 35.6. The third-order valence-electron chi connectivity index (χ3n) is 3.89. The number of fused-ring (bicyclic) bond motifs is 3. The van der Waals surface area contributed by atoms with Crippen LogP contribution in [0.1, 0.15) is 39.2 Å². The molecule has 1 aromatic rings. The van der Waals surface area contributed by atoms with E-state index in [1.54, 1.807) is 4.90 Å². The molecule has 0 fully saturated rings. The predicted octanol–water partition coefficient (Wildman–Crippen LogP) is 2.70. The Bertz CT molecular complexity index is 757. The normalized spacial score (nSPS) is 18.6. The number of hydrogen-bond donors (Lipinski definition) is 1. The van der Waals surface area contributed by atoms with Gasteiger partial charge in [0.1, 0.15) is 11.9 Å². The van der Waals surface area contributed by atoms with Crippen LogP contribution >= 0.6 is 11.8 Å². The van der Waals surface area contributed by atoms with Gasteiger partial charge in [0.15, 0.2) is 5.17 Å². The van der Waals surface area contributed by atoms with Gasteiger partial charge in [-0.1, -0.05) is 37.2 Å². The Morgan fingerprint density at radius 1 is 1.36 bits per heavy atom. The summed E-state index contributed by atoms with van der Waals surface area (Å²) in [7, 11) is 0. The molecule has 0 radical (unpaired) electrons. The first kappa shape index (κ1) is 17.7. The molecule has 0 aliphatic carbocycles. The fourth-order valence-corrected chi connectivity index (χ4v) is 3.67. The van der Waals surface area contributed by atoms with Crippen molar-refractivity contribution in [3.8, 4) is 0 Å². The van der Waals surface area contributed by atoms with Gasteiger partial charge in [0.05, 0.1) is 11.4 Å². The van der Waals surface area contributed by atoms with Gasteiger partial charge in [0, 0.05) is 11.6 Å². The predicted molar refractivity (Wildman–Crippen MR) is 101 cm³/mol. The molecule has 2 amide bonds. The van der Waals surface area contributed by atoms with E-state index < -0.39 is 0 Å². The van der Waals surface area contributed by atoms with Crippen LogP contribution < -0.4 is 5.32 Å². The van der Waals surface area contributed by atoms with E-state index in [1.165, 1.54) is 11.8 Å². The molecule has 1 aromatic carbocycles. The molecule has 2 heterocycles. The lowest BCUT2D eigenvalue weighted by atomic mass is 10.1. The molecular formula is C18H22N4O2S. The minimum Gasteiger partial charge on any atom is -0.353 e. The molecule has 25 heavy (non-hydrogen) atoms. The SMILES string of the molecule is CCC[C@H]1N=C2c3ccccc3N=C(SCC(=O)NC(C)C)N2C1=O. The molecule has 132 valence electrons. The highest BCUT2D eigenvalue weighted by Gasteiger charge is 2.40. The Morgan fingerprint density at radius 2 is 2.12 bits per heavy atom. The molecular weight excluding hydrogens is 336 g/mol. The number of aliphatic imine (C=N–C) groups is 2. The molecule has 7 heteroatoms. The lowest BCUT2D eigenvalue weighted by molar-refractivity contribution is -0.124. The highest BCUT2D eigenvalue weighted by molar-refractivity contribution is 8.14.